The maximum Gasteiger partial charge on any atom is 0.339 e. The number of ether oxygens (including phenoxy) is 1. The van der Waals surface area contributed by atoms with E-state index in [9.17, 15) is 9.59 Å². The first-order valence-corrected chi connectivity index (χ1v) is 7.05. The van der Waals surface area contributed by atoms with Gasteiger partial charge in [0, 0.05) is 3.57 Å². The van der Waals surface area contributed by atoms with Crippen LogP contribution in [-0.2, 0) is 4.74 Å². The lowest BCUT2D eigenvalue weighted by Gasteiger charge is -2.20. The zero-order chi connectivity index (χ0) is 15.2. The molecule has 0 saturated carbocycles. The molecule has 0 radical (unpaired) electrons. The lowest BCUT2D eigenvalue weighted by Crippen LogP contribution is -2.25. The van der Waals surface area contributed by atoms with Crippen LogP contribution in [0.4, 0.5) is 0 Å². The Labute approximate surface area is 127 Å². The van der Waals surface area contributed by atoms with Gasteiger partial charge in [0.2, 0.25) is 0 Å². The first-order valence-electron chi connectivity index (χ1n) is 5.97. The van der Waals surface area contributed by atoms with Crippen LogP contribution in [-0.4, -0.2) is 22.6 Å². The minimum atomic E-state index is -1.13. The molecule has 0 aliphatic rings. The summed E-state index contributed by atoms with van der Waals surface area (Å²) < 4.78 is 5.68. The Hall–Kier alpha value is -1.11. The van der Waals surface area contributed by atoms with Crippen molar-refractivity contribution < 1.29 is 19.4 Å². The number of hydrogen-bond acceptors (Lipinski definition) is 3. The van der Waals surface area contributed by atoms with E-state index >= 15 is 0 Å². The van der Waals surface area contributed by atoms with Crippen molar-refractivity contribution in [3.05, 3.63) is 32.9 Å². The molecule has 0 aliphatic carbocycles. The summed E-state index contributed by atoms with van der Waals surface area (Å²) >= 11 is 1.88. The topological polar surface area (TPSA) is 63.6 Å². The van der Waals surface area contributed by atoms with Crippen LogP contribution in [0.25, 0.3) is 0 Å². The second-order valence-corrected chi connectivity index (χ2v) is 5.63. The maximum atomic E-state index is 11.8. The molecule has 0 aliphatic heterocycles. The zero-order valence-electron chi connectivity index (χ0n) is 11.8. The Morgan fingerprint density at radius 3 is 2.16 bits per heavy atom. The van der Waals surface area contributed by atoms with Gasteiger partial charge in [-0.3, -0.25) is 0 Å². The number of carboxylic acid groups (broad SMARTS) is 1. The van der Waals surface area contributed by atoms with Crippen molar-refractivity contribution in [3.8, 4) is 0 Å². The summed E-state index contributed by atoms with van der Waals surface area (Å²) in [5, 5.41) is 9.08. The molecule has 0 heterocycles. The van der Waals surface area contributed by atoms with E-state index in [2.05, 4.69) is 0 Å². The highest BCUT2D eigenvalue weighted by atomic mass is 127. The Morgan fingerprint density at radius 1 is 1.21 bits per heavy atom. The van der Waals surface area contributed by atoms with Gasteiger partial charge in [0.05, 0.1) is 11.1 Å². The molecule has 0 amide bonds. The Morgan fingerprint density at radius 2 is 1.74 bits per heavy atom. The Balaban J connectivity index is 0.00000154. The fourth-order valence-corrected chi connectivity index (χ4v) is 1.97. The van der Waals surface area contributed by atoms with E-state index in [0.29, 0.717) is 3.57 Å². The van der Waals surface area contributed by atoms with Crippen LogP contribution in [0.3, 0.4) is 0 Å². The molecule has 1 aromatic carbocycles. The Kier molecular flexibility index (Phi) is 7.04. The van der Waals surface area contributed by atoms with Crippen molar-refractivity contribution >= 4 is 34.5 Å². The first kappa shape index (κ1) is 17.9. The smallest absolute Gasteiger partial charge is 0.339 e. The van der Waals surface area contributed by atoms with Crippen molar-refractivity contribution in [1.29, 1.82) is 0 Å². The predicted octanol–water partition coefficient (Wildman–Crippen LogP) is 3.97. The number of carbonyl (C=O) groups excluding carboxylic acids is 1. The number of halogens is 1. The van der Waals surface area contributed by atoms with E-state index in [1.807, 2.05) is 36.4 Å². The van der Waals surface area contributed by atoms with E-state index in [-0.39, 0.29) is 11.1 Å². The van der Waals surface area contributed by atoms with Crippen molar-refractivity contribution in [3.63, 3.8) is 0 Å². The molecule has 0 spiro atoms. The molecule has 5 heteroatoms. The SMILES string of the molecule is CC.CC(C)(C)OC(=O)c1cccc(I)c1C(=O)O. The number of carbonyl (C=O) groups is 2. The number of rotatable bonds is 2. The summed E-state index contributed by atoms with van der Waals surface area (Å²) in [4.78, 5) is 22.9. The summed E-state index contributed by atoms with van der Waals surface area (Å²) in [5.41, 5.74) is -0.574. The van der Waals surface area contributed by atoms with Crippen LogP contribution in [0, 0.1) is 3.57 Å². The molecule has 1 aromatic rings. The molecule has 0 unspecified atom stereocenters. The largest absolute Gasteiger partial charge is 0.478 e. The van der Waals surface area contributed by atoms with Crippen LogP contribution in [0.2, 0.25) is 0 Å². The molecular formula is C14H19IO4. The molecule has 1 rings (SSSR count). The molecule has 0 atom stereocenters. The number of aromatic carboxylic acids is 1. The molecule has 1 N–H and O–H groups in total. The second kappa shape index (κ2) is 7.47. The standard InChI is InChI=1S/C12H13IO4.C2H6/c1-12(2,3)17-11(16)7-5-4-6-8(13)9(7)10(14)15;1-2/h4-6H,1-3H3,(H,14,15);1-2H3. The van der Waals surface area contributed by atoms with E-state index in [0.717, 1.165) is 0 Å². The van der Waals surface area contributed by atoms with E-state index in [4.69, 9.17) is 9.84 Å². The zero-order valence-corrected chi connectivity index (χ0v) is 13.9. The third-order valence-corrected chi connectivity index (χ3v) is 2.75. The molecule has 106 valence electrons. The number of benzene rings is 1. The lowest BCUT2D eigenvalue weighted by atomic mass is 10.1. The summed E-state index contributed by atoms with van der Waals surface area (Å²) in [7, 11) is 0. The fourth-order valence-electron chi connectivity index (χ4n) is 1.24. The quantitative estimate of drug-likeness (QED) is 0.625. The highest BCUT2D eigenvalue weighted by molar-refractivity contribution is 14.1. The molecule has 0 aromatic heterocycles. The summed E-state index contributed by atoms with van der Waals surface area (Å²) in [6.45, 7) is 9.21. The fraction of sp³-hybridized carbons (Fsp3) is 0.429. The molecule has 0 bridgehead atoms. The van der Waals surface area contributed by atoms with Gasteiger partial charge in [0.25, 0.3) is 0 Å². The average Bonchev–Trinajstić information content (AvgIpc) is 2.28. The number of esters is 1. The number of hydrogen-bond donors (Lipinski definition) is 1. The van der Waals surface area contributed by atoms with Crippen LogP contribution >= 0.6 is 22.6 Å². The summed E-state index contributed by atoms with van der Waals surface area (Å²) in [5.74, 6) is -1.75. The average molecular weight is 378 g/mol. The highest BCUT2D eigenvalue weighted by Gasteiger charge is 2.24. The normalized spacial score (nSPS) is 10.2. The van der Waals surface area contributed by atoms with Crippen molar-refractivity contribution in [2.24, 2.45) is 0 Å². The third-order valence-electron chi connectivity index (χ3n) is 1.85. The van der Waals surface area contributed by atoms with Gasteiger partial charge in [-0.2, -0.15) is 0 Å². The van der Waals surface area contributed by atoms with Crippen LogP contribution in [0.1, 0.15) is 55.3 Å². The van der Waals surface area contributed by atoms with Gasteiger partial charge in [-0.25, -0.2) is 9.59 Å². The van der Waals surface area contributed by atoms with Gasteiger partial charge in [-0.15, -0.1) is 0 Å². The van der Waals surface area contributed by atoms with Crippen LogP contribution in [0.15, 0.2) is 18.2 Å². The molecule has 0 saturated heterocycles. The van der Waals surface area contributed by atoms with Gasteiger partial charge >= 0.3 is 11.9 Å². The number of carboxylic acids is 1. The van der Waals surface area contributed by atoms with Gasteiger partial charge < -0.3 is 9.84 Å². The van der Waals surface area contributed by atoms with E-state index in [1.165, 1.54) is 6.07 Å². The second-order valence-electron chi connectivity index (χ2n) is 4.47. The molecule has 0 fully saturated rings. The summed E-state index contributed by atoms with van der Waals surface area (Å²) in [6.07, 6.45) is 0. The first-order chi connectivity index (χ1) is 8.72. The van der Waals surface area contributed by atoms with E-state index < -0.39 is 17.5 Å². The van der Waals surface area contributed by atoms with Gasteiger partial charge in [-0.1, -0.05) is 19.9 Å². The van der Waals surface area contributed by atoms with Crippen LogP contribution in [0.5, 0.6) is 0 Å². The van der Waals surface area contributed by atoms with Gasteiger partial charge in [0.15, 0.2) is 0 Å². The summed E-state index contributed by atoms with van der Waals surface area (Å²) in [6, 6.07) is 4.73. The van der Waals surface area contributed by atoms with Gasteiger partial charge in [0.1, 0.15) is 5.60 Å². The highest BCUT2D eigenvalue weighted by Crippen LogP contribution is 2.20. The lowest BCUT2D eigenvalue weighted by molar-refractivity contribution is 0.00657. The predicted molar refractivity (Wildman–Crippen MR) is 82.6 cm³/mol. The minimum Gasteiger partial charge on any atom is -0.478 e. The van der Waals surface area contributed by atoms with Crippen LogP contribution < -0.4 is 0 Å². The maximum absolute atomic E-state index is 11.8. The molecular weight excluding hydrogens is 359 g/mol. The third kappa shape index (κ3) is 5.59. The van der Waals surface area contributed by atoms with Crippen molar-refractivity contribution in [1.82, 2.24) is 0 Å². The monoisotopic (exact) mass is 378 g/mol. The van der Waals surface area contributed by atoms with E-state index in [1.54, 1.807) is 32.9 Å². The Bertz CT molecular complexity index is 461. The van der Waals surface area contributed by atoms with Crippen molar-refractivity contribution in [2.45, 2.75) is 40.2 Å². The molecule has 19 heavy (non-hydrogen) atoms. The molecule has 4 nitrogen and oxygen atoms in total. The van der Waals surface area contributed by atoms with Crippen molar-refractivity contribution in [2.75, 3.05) is 0 Å². The minimum absolute atomic E-state index is 0.0117. The van der Waals surface area contributed by atoms with Gasteiger partial charge in [-0.05, 0) is 55.5 Å².